The summed E-state index contributed by atoms with van der Waals surface area (Å²) in [6.45, 7) is 2.70. The molecule has 1 aromatic heterocycles. The Hall–Kier alpha value is -2.66. The predicted molar refractivity (Wildman–Crippen MR) is 97.6 cm³/mol. The lowest BCUT2D eigenvalue weighted by atomic mass is 10.1. The number of furan rings is 1. The van der Waals surface area contributed by atoms with E-state index >= 15 is 0 Å². The Labute approximate surface area is 147 Å². The van der Waals surface area contributed by atoms with E-state index in [-0.39, 0.29) is 6.04 Å². The van der Waals surface area contributed by atoms with Gasteiger partial charge in [-0.1, -0.05) is 24.3 Å². The zero-order valence-corrected chi connectivity index (χ0v) is 15.0. The Kier molecular flexibility index (Phi) is 5.14. The molecule has 3 rings (SSSR count). The Morgan fingerprint density at radius 1 is 0.960 bits per heavy atom. The second-order valence-electron chi connectivity index (χ2n) is 5.78. The smallest absolute Gasteiger partial charge is 0.176 e. The zero-order valence-electron chi connectivity index (χ0n) is 15.0. The highest BCUT2D eigenvalue weighted by atomic mass is 16.5. The Morgan fingerprint density at radius 2 is 1.68 bits per heavy atom. The van der Waals surface area contributed by atoms with Crippen LogP contribution >= 0.6 is 0 Å². The number of nitrogens with one attached hydrogen (secondary N) is 1. The molecule has 0 aliphatic heterocycles. The first-order valence-electron chi connectivity index (χ1n) is 8.17. The number of methoxy groups -OCH3 is 3. The van der Waals surface area contributed by atoms with E-state index < -0.39 is 0 Å². The lowest BCUT2D eigenvalue weighted by Gasteiger charge is -2.15. The van der Waals surface area contributed by atoms with Crippen LogP contribution < -0.4 is 19.5 Å². The first-order valence-corrected chi connectivity index (χ1v) is 8.17. The highest BCUT2D eigenvalue weighted by Gasteiger charge is 2.15. The van der Waals surface area contributed by atoms with Gasteiger partial charge in [-0.3, -0.25) is 0 Å². The Morgan fingerprint density at radius 3 is 2.40 bits per heavy atom. The number of rotatable bonds is 7. The molecule has 1 heterocycles. The number of fused-ring (bicyclic) bond motifs is 1. The summed E-state index contributed by atoms with van der Waals surface area (Å²) in [6, 6.07) is 13.8. The summed E-state index contributed by atoms with van der Waals surface area (Å²) in [5, 5.41) is 4.50. The van der Waals surface area contributed by atoms with Crippen LogP contribution in [0, 0.1) is 0 Å². The molecule has 3 aromatic rings. The molecule has 0 amide bonds. The highest BCUT2D eigenvalue weighted by molar-refractivity contribution is 5.83. The molecule has 2 aromatic carbocycles. The van der Waals surface area contributed by atoms with E-state index in [1.54, 1.807) is 21.3 Å². The van der Waals surface area contributed by atoms with Gasteiger partial charge < -0.3 is 23.9 Å². The molecule has 132 valence electrons. The van der Waals surface area contributed by atoms with E-state index in [4.69, 9.17) is 18.6 Å². The highest BCUT2D eigenvalue weighted by Crippen LogP contribution is 2.33. The molecule has 0 radical (unpaired) electrons. The van der Waals surface area contributed by atoms with E-state index in [2.05, 4.69) is 12.2 Å². The van der Waals surface area contributed by atoms with E-state index in [1.807, 2.05) is 42.5 Å². The average molecular weight is 341 g/mol. The molecule has 0 aliphatic rings. The van der Waals surface area contributed by atoms with Crippen LogP contribution in [0.25, 0.3) is 11.0 Å². The maximum absolute atomic E-state index is 6.00. The second-order valence-corrected chi connectivity index (χ2v) is 5.78. The van der Waals surface area contributed by atoms with Crippen molar-refractivity contribution in [2.24, 2.45) is 0 Å². The lowest BCUT2D eigenvalue weighted by molar-refractivity contribution is 0.349. The number of ether oxygens (including phenoxy) is 3. The number of benzene rings is 2. The van der Waals surface area contributed by atoms with Gasteiger partial charge in [-0.25, -0.2) is 0 Å². The van der Waals surface area contributed by atoms with Crippen molar-refractivity contribution in [2.45, 2.75) is 19.5 Å². The monoisotopic (exact) mass is 341 g/mol. The topological polar surface area (TPSA) is 52.9 Å². The van der Waals surface area contributed by atoms with Crippen LogP contribution in [-0.2, 0) is 6.54 Å². The van der Waals surface area contributed by atoms with Crippen LogP contribution in [0.5, 0.6) is 17.2 Å². The van der Waals surface area contributed by atoms with E-state index in [9.17, 15) is 0 Å². The van der Waals surface area contributed by atoms with Gasteiger partial charge in [-0.2, -0.15) is 0 Å². The van der Waals surface area contributed by atoms with Crippen LogP contribution in [0.3, 0.4) is 0 Å². The van der Waals surface area contributed by atoms with Crippen LogP contribution in [0.4, 0.5) is 0 Å². The van der Waals surface area contributed by atoms with Crippen molar-refractivity contribution >= 4 is 11.0 Å². The van der Waals surface area contributed by atoms with Gasteiger partial charge in [0, 0.05) is 17.5 Å². The summed E-state index contributed by atoms with van der Waals surface area (Å²) in [5.41, 5.74) is 1.80. The average Bonchev–Trinajstić information content (AvgIpc) is 3.09. The van der Waals surface area contributed by atoms with Gasteiger partial charge in [-0.15, -0.1) is 0 Å². The summed E-state index contributed by atoms with van der Waals surface area (Å²) in [6.07, 6.45) is 0. The van der Waals surface area contributed by atoms with Crippen molar-refractivity contribution < 1.29 is 18.6 Å². The van der Waals surface area contributed by atoms with Gasteiger partial charge in [0.05, 0.1) is 27.4 Å². The summed E-state index contributed by atoms with van der Waals surface area (Å²) in [7, 11) is 4.93. The second kappa shape index (κ2) is 7.49. The van der Waals surface area contributed by atoms with Crippen molar-refractivity contribution in [3.63, 3.8) is 0 Å². The Bertz CT molecular complexity index is 856. The molecule has 0 fully saturated rings. The molecule has 5 heteroatoms. The SMILES string of the molecule is COc1cccc(CNC(C)c2cc3cccc(OC)c3o2)c1OC. The summed E-state index contributed by atoms with van der Waals surface area (Å²) >= 11 is 0. The van der Waals surface area contributed by atoms with Gasteiger partial charge in [0.15, 0.2) is 22.8 Å². The molecular weight excluding hydrogens is 318 g/mol. The first kappa shape index (κ1) is 17.2. The van der Waals surface area contributed by atoms with Crippen molar-refractivity contribution in [3.8, 4) is 17.2 Å². The van der Waals surface area contributed by atoms with Gasteiger partial charge in [-0.05, 0) is 25.1 Å². The van der Waals surface area contributed by atoms with Crippen molar-refractivity contribution in [1.82, 2.24) is 5.32 Å². The minimum absolute atomic E-state index is 0.0352. The first-order chi connectivity index (χ1) is 12.2. The summed E-state index contributed by atoms with van der Waals surface area (Å²) in [5.74, 6) is 3.07. The third-order valence-electron chi connectivity index (χ3n) is 4.26. The molecule has 25 heavy (non-hydrogen) atoms. The molecule has 1 unspecified atom stereocenters. The zero-order chi connectivity index (χ0) is 17.8. The lowest BCUT2D eigenvalue weighted by Crippen LogP contribution is -2.18. The molecule has 1 atom stereocenters. The molecule has 1 N–H and O–H groups in total. The molecule has 5 nitrogen and oxygen atoms in total. The standard InChI is InChI=1S/C20H23NO4/c1-13(18-11-14-7-5-10-17(23-3)20(14)25-18)21-12-15-8-6-9-16(22-2)19(15)24-4/h5-11,13,21H,12H2,1-4H3. The molecular formula is C20H23NO4. The van der Waals surface area contributed by atoms with Crippen LogP contribution in [0.15, 0.2) is 46.9 Å². The fourth-order valence-corrected chi connectivity index (χ4v) is 2.89. The van der Waals surface area contributed by atoms with Crippen molar-refractivity contribution in [3.05, 3.63) is 53.8 Å². The molecule has 0 bridgehead atoms. The molecule has 0 spiro atoms. The summed E-state index contributed by atoms with van der Waals surface area (Å²) < 4.78 is 22.2. The van der Waals surface area contributed by atoms with E-state index in [1.165, 1.54) is 0 Å². The fraction of sp³-hybridized carbons (Fsp3) is 0.300. The third-order valence-corrected chi connectivity index (χ3v) is 4.26. The molecule has 0 saturated heterocycles. The van der Waals surface area contributed by atoms with E-state index in [0.29, 0.717) is 6.54 Å². The summed E-state index contributed by atoms with van der Waals surface area (Å²) in [4.78, 5) is 0. The maximum Gasteiger partial charge on any atom is 0.176 e. The fourth-order valence-electron chi connectivity index (χ4n) is 2.89. The van der Waals surface area contributed by atoms with Gasteiger partial charge >= 0.3 is 0 Å². The maximum atomic E-state index is 6.00. The number of para-hydroxylation sites is 2. The normalized spacial score (nSPS) is 12.2. The molecule has 0 saturated carbocycles. The van der Waals surface area contributed by atoms with E-state index in [0.717, 1.165) is 39.5 Å². The molecule has 0 aliphatic carbocycles. The minimum Gasteiger partial charge on any atom is -0.493 e. The van der Waals surface area contributed by atoms with Crippen molar-refractivity contribution in [1.29, 1.82) is 0 Å². The van der Waals surface area contributed by atoms with Crippen LogP contribution in [0.2, 0.25) is 0 Å². The largest absolute Gasteiger partial charge is 0.493 e. The van der Waals surface area contributed by atoms with Gasteiger partial charge in [0.25, 0.3) is 0 Å². The van der Waals surface area contributed by atoms with Gasteiger partial charge in [0.1, 0.15) is 5.76 Å². The predicted octanol–water partition coefficient (Wildman–Crippen LogP) is 4.31. The third kappa shape index (κ3) is 3.42. The van der Waals surface area contributed by atoms with Crippen LogP contribution in [0.1, 0.15) is 24.3 Å². The van der Waals surface area contributed by atoms with Crippen LogP contribution in [-0.4, -0.2) is 21.3 Å². The Balaban J connectivity index is 1.78. The number of hydrogen-bond donors (Lipinski definition) is 1. The number of hydrogen-bond acceptors (Lipinski definition) is 5. The minimum atomic E-state index is 0.0352. The quantitative estimate of drug-likeness (QED) is 0.694. The van der Waals surface area contributed by atoms with Crippen molar-refractivity contribution in [2.75, 3.05) is 21.3 Å². The van der Waals surface area contributed by atoms with Gasteiger partial charge in [0.2, 0.25) is 0 Å².